The molecule has 0 aromatic rings. The molecule has 0 bridgehead atoms. The van der Waals surface area contributed by atoms with Crippen molar-refractivity contribution in [2.75, 3.05) is 52.4 Å². The van der Waals surface area contributed by atoms with Gasteiger partial charge in [0.2, 0.25) is 0 Å². The van der Waals surface area contributed by atoms with E-state index in [0.29, 0.717) is 12.1 Å². The summed E-state index contributed by atoms with van der Waals surface area (Å²) in [7, 11) is 0. The second kappa shape index (κ2) is 11.8. The molecule has 0 saturated carbocycles. The molecule has 0 radical (unpaired) electrons. The first-order valence-electron chi connectivity index (χ1n) is 9.86. The average molecular weight is 389 g/mol. The van der Waals surface area contributed by atoms with Crippen LogP contribution in [-0.2, 0) is 0 Å². The van der Waals surface area contributed by atoms with Crippen LogP contribution in [0, 0.1) is 11.8 Å². The van der Waals surface area contributed by atoms with Gasteiger partial charge in [0.25, 0.3) is 0 Å². The van der Waals surface area contributed by atoms with Crippen molar-refractivity contribution >= 4 is 29.2 Å². The van der Waals surface area contributed by atoms with Crippen LogP contribution in [0.3, 0.4) is 0 Å². The zero-order valence-corrected chi connectivity index (χ0v) is 18.9. The Morgan fingerprint density at radius 2 is 1.56 bits per heavy atom. The Labute approximate surface area is 167 Å². The Balaban J connectivity index is 0.000000257. The molecule has 25 heavy (non-hydrogen) atoms. The average Bonchev–Trinajstić information content (AvgIpc) is 2.46. The van der Waals surface area contributed by atoms with Gasteiger partial charge in [-0.3, -0.25) is 4.90 Å². The molecule has 2 rings (SSSR count). The molecule has 2 fully saturated rings. The van der Waals surface area contributed by atoms with E-state index in [1.807, 2.05) is 0 Å². The van der Waals surface area contributed by atoms with E-state index in [0.717, 1.165) is 42.3 Å². The molecule has 4 nitrogen and oxygen atoms in total. The summed E-state index contributed by atoms with van der Waals surface area (Å²) in [5.74, 6) is 1.55. The Kier molecular flexibility index (Phi) is 10.9. The molecule has 0 aromatic carbocycles. The van der Waals surface area contributed by atoms with Gasteiger partial charge in [0.05, 0.1) is 0 Å². The number of thiocarbonyl (C=S) groups is 1. The smallest absolute Gasteiger partial charge is 0.133 e. The molecule has 1 N–H and O–H groups in total. The van der Waals surface area contributed by atoms with Gasteiger partial charge in [0.1, 0.15) is 4.32 Å². The number of nitrogens with zero attached hydrogens (tertiary/aromatic N) is 3. The van der Waals surface area contributed by atoms with Crippen molar-refractivity contribution in [1.82, 2.24) is 20.0 Å². The van der Waals surface area contributed by atoms with Gasteiger partial charge >= 0.3 is 0 Å². The molecular weight excluding hydrogens is 348 g/mol. The van der Waals surface area contributed by atoms with Crippen LogP contribution in [-0.4, -0.2) is 83.5 Å². The van der Waals surface area contributed by atoms with E-state index in [1.165, 1.54) is 26.2 Å². The number of hydrogen-bond donors (Lipinski definition) is 2. The summed E-state index contributed by atoms with van der Waals surface area (Å²) in [6.45, 7) is 22.9. The Morgan fingerprint density at radius 3 is 2.00 bits per heavy atom. The summed E-state index contributed by atoms with van der Waals surface area (Å²) < 4.78 is 0.738. The molecule has 2 heterocycles. The minimum Gasteiger partial charge on any atom is -0.352 e. The maximum Gasteiger partial charge on any atom is 0.133 e. The number of hydrogen-bond acceptors (Lipinski definition) is 4. The summed E-state index contributed by atoms with van der Waals surface area (Å²) >= 11 is 9.33. The van der Waals surface area contributed by atoms with Gasteiger partial charge in [-0.1, -0.05) is 39.9 Å². The zero-order valence-electron chi connectivity index (χ0n) is 17.2. The van der Waals surface area contributed by atoms with Crippen molar-refractivity contribution < 1.29 is 0 Å². The molecule has 0 aliphatic carbocycles. The lowest BCUT2D eigenvalue weighted by Crippen LogP contribution is -2.53. The molecule has 2 saturated heterocycles. The standard InChI is InChI=1S/C10H20N2S2.C9H20N2/c1-8(2)6-11-4-5-12(10(13)14)9(3)7-11;1-8(2)6-11-5-4-10-9(3)7-11/h8-9H,4-7H2,1-3H3,(H,13,14);8-10H,4-7H2,1-3H3. The summed E-state index contributed by atoms with van der Waals surface area (Å²) in [6, 6.07) is 1.19. The molecule has 6 heteroatoms. The van der Waals surface area contributed by atoms with Crippen LogP contribution < -0.4 is 5.32 Å². The lowest BCUT2D eigenvalue weighted by atomic mass is 10.1. The highest BCUT2D eigenvalue weighted by Crippen LogP contribution is 2.13. The van der Waals surface area contributed by atoms with Gasteiger partial charge in [-0.05, 0) is 25.7 Å². The quantitative estimate of drug-likeness (QED) is 0.569. The first-order valence-corrected chi connectivity index (χ1v) is 10.7. The van der Waals surface area contributed by atoms with Gasteiger partial charge in [-0.15, -0.1) is 12.6 Å². The fourth-order valence-corrected chi connectivity index (χ4v) is 4.26. The number of thiol groups is 1. The Morgan fingerprint density at radius 1 is 1.00 bits per heavy atom. The molecule has 2 atom stereocenters. The Bertz CT molecular complexity index is 388. The predicted octanol–water partition coefficient (Wildman–Crippen LogP) is 2.80. The summed E-state index contributed by atoms with van der Waals surface area (Å²) in [5, 5.41) is 3.44. The topological polar surface area (TPSA) is 21.8 Å². The van der Waals surface area contributed by atoms with E-state index in [4.69, 9.17) is 12.2 Å². The third-order valence-electron chi connectivity index (χ3n) is 4.66. The second-order valence-corrected chi connectivity index (χ2v) is 9.60. The van der Waals surface area contributed by atoms with E-state index in [1.54, 1.807) is 0 Å². The summed E-state index contributed by atoms with van der Waals surface area (Å²) in [5.41, 5.74) is 0. The van der Waals surface area contributed by atoms with Crippen LogP contribution in [0.25, 0.3) is 0 Å². The van der Waals surface area contributed by atoms with Crippen LogP contribution in [0.4, 0.5) is 0 Å². The van der Waals surface area contributed by atoms with Crippen LogP contribution in [0.5, 0.6) is 0 Å². The zero-order chi connectivity index (χ0) is 19.0. The molecule has 2 aliphatic heterocycles. The van der Waals surface area contributed by atoms with Gasteiger partial charge in [-0.2, -0.15) is 0 Å². The highest BCUT2D eigenvalue weighted by Gasteiger charge is 2.24. The van der Waals surface area contributed by atoms with Crippen LogP contribution in [0.1, 0.15) is 41.5 Å². The van der Waals surface area contributed by atoms with Gasteiger partial charge in [0.15, 0.2) is 0 Å². The third kappa shape index (κ3) is 9.57. The van der Waals surface area contributed by atoms with E-state index in [9.17, 15) is 0 Å². The van der Waals surface area contributed by atoms with E-state index in [-0.39, 0.29) is 0 Å². The fraction of sp³-hybridized carbons (Fsp3) is 0.947. The number of piperazine rings is 2. The molecule has 0 spiro atoms. The minimum absolute atomic E-state index is 0.507. The van der Waals surface area contributed by atoms with Crippen molar-refractivity contribution in [1.29, 1.82) is 0 Å². The van der Waals surface area contributed by atoms with Crippen molar-refractivity contribution in [3.8, 4) is 0 Å². The minimum atomic E-state index is 0.507. The molecule has 0 amide bonds. The molecule has 2 unspecified atom stereocenters. The fourth-order valence-electron chi connectivity index (χ4n) is 3.69. The van der Waals surface area contributed by atoms with Gasteiger partial charge < -0.3 is 15.1 Å². The summed E-state index contributed by atoms with van der Waals surface area (Å²) in [4.78, 5) is 7.26. The van der Waals surface area contributed by atoms with Crippen molar-refractivity contribution in [3.63, 3.8) is 0 Å². The van der Waals surface area contributed by atoms with Gasteiger partial charge in [0, 0.05) is 64.4 Å². The van der Waals surface area contributed by atoms with E-state index < -0.39 is 0 Å². The normalized spacial score (nSPS) is 25.9. The first-order chi connectivity index (χ1) is 11.7. The van der Waals surface area contributed by atoms with Crippen molar-refractivity contribution in [2.45, 2.75) is 53.6 Å². The monoisotopic (exact) mass is 388 g/mol. The van der Waals surface area contributed by atoms with Crippen LogP contribution >= 0.6 is 24.8 Å². The Hall–Kier alpha value is 0.120. The lowest BCUT2D eigenvalue weighted by Gasteiger charge is -2.40. The molecule has 0 aromatic heterocycles. The van der Waals surface area contributed by atoms with E-state index >= 15 is 0 Å². The van der Waals surface area contributed by atoms with Crippen LogP contribution in [0.15, 0.2) is 0 Å². The SMILES string of the molecule is CC(C)CN1CCN(C(=S)S)C(C)C1.CC(C)CN1CCNC(C)C1. The van der Waals surface area contributed by atoms with Crippen molar-refractivity contribution in [2.24, 2.45) is 11.8 Å². The maximum absolute atomic E-state index is 5.09. The number of nitrogens with one attached hydrogen (secondary N) is 1. The highest BCUT2D eigenvalue weighted by atomic mass is 32.1. The summed E-state index contributed by atoms with van der Waals surface area (Å²) in [6.07, 6.45) is 0. The molecular formula is C19H40N4S2. The highest BCUT2D eigenvalue weighted by molar-refractivity contribution is 8.10. The lowest BCUT2D eigenvalue weighted by molar-refractivity contribution is 0.128. The largest absolute Gasteiger partial charge is 0.352 e. The van der Waals surface area contributed by atoms with Crippen LogP contribution in [0.2, 0.25) is 0 Å². The first kappa shape index (κ1) is 23.2. The third-order valence-corrected chi connectivity index (χ3v) is 5.15. The predicted molar refractivity (Wildman–Crippen MR) is 118 cm³/mol. The second-order valence-electron chi connectivity index (χ2n) is 8.49. The maximum atomic E-state index is 5.09. The van der Waals surface area contributed by atoms with Gasteiger partial charge in [-0.25, -0.2) is 0 Å². The molecule has 148 valence electrons. The van der Waals surface area contributed by atoms with E-state index in [2.05, 4.69) is 74.2 Å². The van der Waals surface area contributed by atoms with Crippen molar-refractivity contribution in [3.05, 3.63) is 0 Å². The number of rotatable bonds is 4. The molecule has 2 aliphatic rings.